The van der Waals surface area contributed by atoms with E-state index in [1.807, 2.05) is 24.2 Å². The van der Waals surface area contributed by atoms with Crippen molar-refractivity contribution in [1.29, 1.82) is 0 Å². The van der Waals surface area contributed by atoms with E-state index >= 15 is 0 Å². The van der Waals surface area contributed by atoms with Crippen LogP contribution in [0.5, 0.6) is 0 Å². The topological polar surface area (TPSA) is 72.0 Å². The Morgan fingerprint density at radius 3 is 2.11 bits per heavy atom. The van der Waals surface area contributed by atoms with Gasteiger partial charge in [0.05, 0.1) is 0 Å². The standard InChI is InChI=1S/C11H15.C9H12N2O2S.ClH.Ru/c1-8(2)11-6-5-9(3)10(4)7-11;1-8-2-4-9(5-3-8)14(12,13)11-7-6-10;;/h5-8H,4H2,1-3H3;2-5,10H,6-7H2,1H3;1H;/q-1;-2;;+4/p-1. The monoisotopic (exact) mass is 496 g/mol. The van der Waals surface area contributed by atoms with Gasteiger partial charge in [-0.15, -0.1) is 11.6 Å². The maximum absolute atomic E-state index is 11.5. The van der Waals surface area contributed by atoms with E-state index in [4.69, 9.17) is 5.73 Å². The summed E-state index contributed by atoms with van der Waals surface area (Å²) >= 11 is 1.82. The third-order valence-electron chi connectivity index (χ3n) is 3.73. The van der Waals surface area contributed by atoms with E-state index in [0.29, 0.717) is 5.92 Å². The van der Waals surface area contributed by atoms with E-state index in [1.54, 1.807) is 12.1 Å². The Kier molecular flexibility index (Phi) is 12.9. The summed E-state index contributed by atoms with van der Waals surface area (Å²) in [7, 11) is 1.03. The van der Waals surface area contributed by atoms with E-state index in [1.165, 1.54) is 23.3 Å². The predicted octanol–water partition coefficient (Wildman–Crippen LogP) is 6.10. The molecule has 0 bridgehead atoms. The van der Waals surface area contributed by atoms with Crippen molar-refractivity contribution in [2.24, 2.45) is 0 Å². The second kappa shape index (κ2) is 13.3. The predicted molar refractivity (Wildman–Crippen MR) is 111 cm³/mol. The second-order valence-electron chi connectivity index (χ2n) is 6.23. The third kappa shape index (κ3) is 9.73. The number of aryl methyl sites for hydroxylation is 2. The normalized spacial score (nSPS) is 10.5. The van der Waals surface area contributed by atoms with Gasteiger partial charge in [0.1, 0.15) is 10.0 Å². The number of halogens is 1. The van der Waals surface area contributed by atoms with Crippen LogP contribution < -0.4 is 0 Å². The molecule has 0 aliphatic rings. The molecule has 4 nitrogen and oxygen atoms in total. The van der Waals surface area contributed by atoms with E-state index in [9.17, 15) is 8.42 Å². The zero-order valence-electron chi connectivity index (χ0n) is 16.1. The molecule has 27 heavy (non-hydrogen) atoms. The molecular formula is C20H27ClN2O2RuS. The van der Waals surface area contributed by atoms with Crippen molar-refractivity contribution in [3.05, 3.63) is 82.1 Å². The Morgan fingerprint density at radius 2 is 1.67 bits per heavy atom. The maximum atomic E-state index is 11.5. The van der Waals surface area contributed by atoms with E-state index in [0.717, 1.165) is 11.1 Å². The molecule has 0 amide bonds. The molecule has 0 aliphatic carbocycles. The molecule has 2 aromatic carbocycles. The Hall–Kier alpha value is -0.907. The zero-order chi connectivity index (χ0) is 21.0. The number of benzene rings is 2. The molecule has 0 heterocycles. The van der Waals surface area contributed by atoms with Crippen molar-refractivity contribution >= 4 is 19.7 Å². The molecular weight excluding hydrogens is 469 g/mol. The van der Waals surface area contributed by atoms with Gasteiger partial charge in [-0.1, -0.05) is 44.5 Å². The molecule has 0 saturated carbocycles. The number of nitrogens with zero attached hydrogens (tertiary/aromatic N) is 1. The van der Waals surface area contributed by atoms with Gasteiger partial charge in [-0.3, -0.25) is 0 Å². The van der Waals surface area contributed by atoms with Crippen molar-refractivity contribution < 1.29 is 25.7 Å². The molecule has 0 atom stereocenters. The van der Waals surface area contributed by atoms with Crippen LogP contribution in [0.2, 0.25) is 0 Å². The van der Waals surface area contributed by atoms with Gasteiger partial charge in [0, 0.05) is 4.90 Å². The molecule has 0 unspecified atom stereocenters. The van der Waals surface area contributed by atoms with Gasteiger partial charge in [0.25, 0.3) is 0 Å². The van der Waals surface area contributed by atoms with Crippen LogP contribution in [0.3, 0.4) is 0 Å². The Bertz CT molecular complexity index is 779. The summed E-state index contributed by atoms with van der Waals surface area (Å²) in [5.41, 5.74) is 11.6. The summed E-state index contributed by atoms with van der Waals surface area (Å²) in [6, 6.07) is 13.0. The summed E-state index contributed by atoms with van der Waals surface area (Å²) in [5, 5.41) is 0. The van der Waals surface area contributed by atoms with Crippen molar-refractivity contribution in [3.63, 3.8) is 0 Å². The molecule has 0 aromatic heterocycles. The van der Waals surface area contributed by atoms with Crippen molar-refractivity contribution in [2.75, 3.05) is 13.1 Å². The molecule has 0 spiro atoms. The summed E-state index contributed by atoms with van der Waals surface area (Å²) < 4.78 is 26.4. The number of hydrogen-bond acceptors (Lipinski definition) is 2. The number of sulfonamides is 1. The van der Waals surface area contributed by atoms with Crippen LogP contribution in [-0.4, -0.2) is 21.5 Å². The second-order valence-corrected chi connectivity index (χ2v) is 7.91. The van der Waals surface area contributed by atoms with Crippen molar-refractivity contribution in [2.45, 2.75) is 38.5 Å². The van der Waals surface area contributed by atoms with Crippen LogP contribution in [0.25, 0.3) is 10.5 Å². The average Bonchev–Trinajstić information content (AvgIpc) is 2.65. The molecule has 2 rings (SSSR count). The SMILES string of the molecule is Cc1ccc(S(=O)(=O)[N-]CC[NH-])cc1.[CH2-]c1cc(C(C)C)ccc1C.[Cl][Ru+3]. The quantitative estimate of drug-likeness (QED) is 0.371. The van der Waals surface area contributed by atoms with Gasteiger partial charge in [-0.05, 0) is 25.0 Å². The zero-order valence-corrected chi connectivity index (χ0v) is 19.5. The molecule has 0 saturated heterocycles. The minimum absolute atomic E-state index is 0.00884. The van der Waals surface area contributed by atoms with Crippen LogP contribution in [0.15, 0.2) is 47.4 Å². The summed E-state index contributed by atoms with van der Waals surface area (Å²) in [4.78, 5) is 0.191. The van der Waals surface area contributed by atoms with Gasteiger partial charge in [0.2, 0.25) is 0 Å². The Morgan fingerprint density at radius 1 is 1.11 bits per heavy atom. The van der Waals surface area contributed by atoms with Crippen LogP contribution in [0.4, 0.5) is 0 Å². The van der Waals surface area contributed by atoms with Crippen LogP contribution in [0, 0.1) is 20.8 Å². The summed E-state index contributed by atoms with van der Waals surface area (Å²) in [6.45, 7) is 12.4. The van der Waals surface area contributed by atoms with E-state index < -0.39 is 10.0 Å². The average molecular weight is 496 g/mol. The van der Waals surface area contributed by atoms with Gasteiger partial charge >= 0.3 is 27.0 Å². The van der Waals surface area contributed by atoms with Crippen LogP contribution in [-0.2, 0) is 27.3 Å². The van der Waals surface area contributed by atoms with E-state index in [-0.39, 0.29) is 18.0 Å². The number of nitrogens with one attached hydrogen (secondary N) is 1. The van der Waals surface area contributed by atoms with Crippen LogP contribution >= 0.6 is 9.69 Å². The number of hydrogen-bond donors (Lipinski definition) is 0. The van der Waals surface area contributed by atoms with Gasteiger partial charge in [-0.25, -0.2) is 8.42 Å². The van der Waals surface area contributed by atoms with Gasteiger partial charge in [-0.2, -0.15) is 37.2 Å². The fourth-order valence-corrected chi connectivity index (χ4v) is 2.96. The summed E-state index contributed by atoms with van der Waals surface area (Å²) in [6.07, 6.45) is 0. The minimum atomic E-state index is -3.53. The first kappa shape index (κ1) is 26.1. The first-order valence-corrected chi connectivity index (χ1v) is 12.1. The fourth-order valence-electron chi connectivity index (χ4n) is 2.00. The first-order chi connectivity index (χ1) is 12.7. The number of rotatable bonds is 5. The molecule has 1 N–H and O–H groups in total. The van der Waals surface area contributed by atoms with Gasteiger partial charge in [0.15, 0.2) is 0 Å². The molecule has 2 aromatic rings. The molecule has 7 heteroatoms. The van der Waals surface area contributed by atoms with Crippen molar-refractivity contribution in [1.82, 2.24) is 0 Å². The first-order valence-electron chi connectivity index (χ1n) is 8.38. The molecule has 0 aliphatic heterocycles. The molecule has 0 fully saturated rings. The molecule has 0 radical (unpaired) electrons. The fraction of sp³-hybridized carbons (Fsp3) is 0.350. The van der Waals surface area contributed by atoms with Crippen molar-refractivity contribution in [3.8, 4) is 0 Å². The Labute approximate surface area is 178 Å². The third-order valence-corrected chi connectivity index (χ3v) is 5.12. The van der Waals surface area contributed by atoms with E-state index in [2.05, 4.69) is 60.3 Å². The van der Waals surface area contributed by atoms with Gasteiger partial charge < -0.3 is 10.5 Å². The Balaban J connectivity index is 0.000000469. The summed E-state index contributed by atoms with van der Waals surface area (Å²) in [5.74, 6) is 0.607. The van der Waals surface area contributed by atoms with Crippen LogP contribution in [0.1, 0.15) is 42.0 Å². The molecule has 150 valence electrons.